The van der Waals surface area contributed by atoms with Gasteiger partial charge in [0.1, 0.15) is 12.2 Å². The number of nitro groups is 1. The Kier molecular flexibility index (Phi) is 7.70. The molecule has 0 radical (unpaired) electrons. The van der Waals surface area contributed by atoms with Crippen LogP contribution in [-0.2, 0) is 6.61 Å². The number of nitro benzene ring substituents is 1. The Balaban J connectivity index is 1.65. The maximum Gasteiger partial charge on any atom is 0.286 e. The van der Waals surface area contributed by atoms with Gasteiger partial charge >= 0.3 is 0 Å². The smallest absolute Gasteiger partial charge is 0.286 e. The number of aromatic nitrogens is 1. The van der Waals surface area contributed by atoms with Crippen molar-refractivity contribution in [3.63, 3.8) is 0 Å². The summed E-state index contributed by atoms with van der Waals surface area (Å²) in [5.41, 5.74) is 2.20. The summed E-state index contributed by atoms with van der Waals surface area (Å²) in [6.07, 6.45) is 0. The van der Waals surface area contributed by atoms with Crippen LogP contribution in [0.4, 0.5) is 5.69 Å². The average molecular weight is 456 g/mol. The van der Waals surface area contributed by atoms with Crippen molar-refractivity contribution < 1.29 is 24.0 Å². The van der Waals surface area contributed by atoms with E-state index in [1.807, 2.05) is 0 Å². The fourth-order valence-electron chi connectivity index (χ4n) is 2.75. The third-order valence-corrected chi connectivity index (χ3v) is 4.95. The fraction of sp³-hybridized carbons (Fsp3) is 0.190. The molecule has 1 heterocycles. The molecule has 166 valence electrons. The molecule has 3 aromatic rings. The van der Waals surface area contributed by atoms with E-state index in [9.17, 15) is 19.7 Å². The van der Waals surface area contributed by atoms with Gasteiger partial charge in [0.15, 0.2) is 11.5 Å². The molecule has 0 fully saturated rings. The molecule has 1 aromatic heterocycles. The third-order valence-electron chi connectivity index (χ3n) is 4.31. The Morgan fingerprint density at radius 2 is 1.81 bits per heavy atom. The SMILES string of the molecule is COc1cc(C(=O)NCCNC(=O)c2ccccc2)c([N+](=O)[O-])cc1OCc1cscn1. The number of amides is 2. The van der Waals surface area contributed by atoms with Gasteiger partial charge in [-0.25, -0.2) is 4.98 Å². The molecule has 11 heteroatoms. The summed E-state index contributed by atoms with van der Waals surface area (Å²) >= 11 is 1.40. The maximum atomic E-state index is 12.6. The molecular formula is C21H20N4O6S. The number of carbonyl (C=O) groups excluding carboxylic acids is 2. The Morgan fingerprint density at radius 3 is 2.44 bits per heavy atom. The van der Waals surface area contributed by atoms with Crippen LogP contribution in [0, 0.1) is 10.1 Å². The van der Waals surface area contributed by atoms with E-state index in [0.717, 1.165) is 6.07 Å². The lowest BCUT2D eigenvalue weighted by Crippen LogP contribution is -2.34. The van der Waals surface area contributed by atoms with Crippen molar-refractivity contribution in [2.75, 3.05) is 20.2 Å². The summed E-state index contributed by atoms with van der Waals surface area (Å²) in [4.78, 5) is 39.6. The van der Waals surface area contributed by atoms with Crippen molar-refractivity contribution in [3.05, 3.63) is 80.3 Å². The van der Waals surface area contributed by atoms with Gasteiger partial charge in [0.05, 0.1) is 29.3 Å². The normalized spacial score (nSPS) is 10.3. The van der Waals surface area contributed by atoms with E-state index in [1.165, 1.54) is 24.5 Å². The maximum absolute atomic E-state index is 12.6. The number of benzene rings is 2. The number of rotatable bonds is 10. The van der Waals surface area contributed by atoms with Gasteiger partial charge in [0, 0.05) is 30.1 Å². The lowest BCUT2D eigenvalue weighted by Gasteiger charge is -2.12. The first-order valence-electron chi connectivity index (χ1n) is 9.47. The Hall–Kier alpha value is -3.99. The monoisotopic (exact) mass is 456 g/mol. The quantitative estimate of drug-likeness (QED) is 0.272. The van der Waals surface area contributed by atoms with Crippen LogP contribution in [0.3, 0.4) is 0 Å². The van der Waals surface area contributed by atoms with E-state index < -0.39 is 16.5 Å². The minimum Gasteiger partial charge on any atom is -0.493 e. The number of hydrogen-bond donors (Lipinski definition) is 2. The van der Waals surface area contributed by atoms with E-state index in [1.54, 1.807) is 41.2 Å². The van der Waals surface area contributed by atoms with Crippen molar-refractivity contribution in [2.45, 2.75) is 6.61 Å². The molecule has 0 bridgehead atoms. The highest BCUT2D eigenvalue weighted by molar-refractivity contribution is 7.07. The largest absolute Gasteiger partial charge is 0.493 e. The van der Waals surface area contributed by atoms with Gasteiger partial charge in [-0.3, -0.25) is 19.7 Å². The highest BCUT2D eigenvalue weighted by Gasteiger charge is 2.25. The standard InChI is InChI=1S/C21H20N4O6S/c1-30-18-9-16(17(25(28)29)10-19(18)31-11-15-12-32-13-24-15)21(27)23-8-7-22-20(26)14-5-3-2-4-6-14/h2-6,9-10,12-13H,7-8,11H2,1H3,(H,22,26)(H,23,27). The second-order valence-corrected chi connectivity index (χ2v) is 7.14. The first-order valence-corrected chi connectivity index (χ1v) is 10.4. The van der Waals surface area contributed by atoms with E-state index in [4.69, 9.17) is 9.47 Å². The summed E-state index contributed by atoms with van der Waals surface area (Å²) in [7, 11) is 1.37. The summed E-state index contributed by atoms with van der Waals surface area (Å²) in [6.45, 7) is 0.335. The van der Waals surface area contributed by atoms with Crippen molar-refractivity contribution in [3.8, 4) is 11.5 Å². The van der Waals surface area contributed by atoms with E-state index in [-0.39, 0.29) is 42.7 Å². The summed E-state index contributed by atoms with van der Waals surface area (Å²) in [6, 6.07) is 11.0. The minimum atomic E-state index is -0.671. The average Bonchev–Trinajstić information content (AvgIpc) is 3.33. The molecular weight excluding hydrogens is 436 g/mol. The molecule has 2 N–H and O–H groups in total. The van der Waals surface area contributed by atoms with Crippen molar-refractivity contribution in [1.29, 1.82) is 0 Å². The van der Waals surface area contributed by atoms with Crippen LogP contribution in [0.5, 0.6) is 11.5 Å². The predicted molar refractivity (Wildman–Crippen MR) is 117 cm³/mol. The molecule has 0 aliphatic carbocycles. The van der Waals surface area contributed by atoms with Crippen LogP contribution >= 0.6 is 11.3 Å². The molecule has 2 aromatic carbocycles. The number of ether oxygens (including phenoxy) is 2. The van der Waals surface area contributed by atoms with Gasteiger partial charge in [0.2, 0.25) is 0 Å². The van der Waals surface area contributed by atoms with E-state index >= 15 is 0 Å². The predicted octanol–water partition coefficient (Wildman–Crippen LogP) is 2.80. The lowest BCUT2D eigenvalue weighted by molar-refractivity contribution is -0.385. The van der Waals surface area contributed by atoms with Crippen molar-refractivity contribution >= 4 is 28.8 Å². The van der Waals surface area contributed by atoms with Crippen LogP contribution in [-0.4, -0.2) is 41.9 Å². The number of hydrogen-bond acceptors (Lipinski definition) is 8. The summed E-state index contributed by atoms with van der Waals surface area (Å²) < 4.78 is 10.8. The van der Waals surface area contributed by atoms with Gasteiger partial charge in [-0.1, -0.05) is 18.2 Å². The van der Waals surface area contributed by atoms with Crippen LogP contribution < -0.4 is 20.1 Å². The zero-order valence-corrected chi connectivity index (χ0v) is 17.9. The van der Waals surface area contributed by atoms with Crippen LogP contribution in [0.25, 0.3) is 0 Å². The topological polar surface area (TPSA) is 133 Å². The molecule has 0 saturated heterocycles. The zero-order valence-electron chi connectivity index (χ0n) is 17.1. The number of methoxy groups -OCH3 is 1. The summed E-state index contributed by atoms with van der Waals surface area (Å²) in [5, 5.41) is 18.6. The van der Waals surface area contributed by atoms with E-state index in [2.05, 4.69) is 15.6 Å². The molecule has 0 spiro atoms. The zero-order chi connectivity index (χ0) is 22.9. The minimum absolute atomic E-state index is 0.0823. The molecule has 0 aliphatic rings. The van der Waals surface area contributed by atoms with Gasteiger partial charge in [-0.2, -0.15) is 0 Å². The van der Waals surface area contributed by atoms with Crippen molar-refractivity contribution in [1.82, 2.24) is 15.6 Å². The lowest BCUT2D eigenvalue weighted by atomic mass is 10.1. The molecule has 0 aliphatic heterocycles. The number of nitrogens with one attached hydrogen (secondary N) is 2. The molecule has 0 unspecified atom stereocenters. The fourth-order valence-corrected chi connectivity index (χ4v) is 3.30. The molecule has 3 rings (SSSR count). The van der Waals surface area contributed by atoms with E-state index in [0.29, 0.717) is 11.3 Å². The molecule has 0 atom stereocenters. The highest BCUT2D eigenvalue weighted by Crippen LogP contribution is 2.35. The second-order valence-electron chi connectivity index (χ2n) is 6.42. The second kappa shape index (κ2) is 10.9. The van der Waals surface area contributed by atoms with Gasteiger partial charge in [-0.05, 0) is 12.1 Å². The van der Waals surface area contributed by atoms with Crippen molar-refractivity contribution in [2.24, 2.45) is 0 Å². The van der Waals surface area contributed by atoms with Crippen LogP contribution in [0.2, 0.25) is 0 Å². The molecule has 2 amide bonds. The first kappa shape index (κ1) is 22.7. The molecule has 32 heavy (non-hydrogen) atoms. The van der Waals surface area contributed by atoms with Gasteiger partial charge < -0.3 is 20.1 Å². The Bertz CT molecular complexity index is 1090. The molecule has 10 nitrogen and oxygen atoms in total. The molecule has 0 saturated carbocycles. The van der Waals surface area contributed by atoms with Gasteiger partial charge in [0.25, 0.3) is 17.5 Å². The summed E-state index contributed by atoms with van der Waals surface area (Å²) in [5.74, 6) is -0.656. The third kappa shape index (κ3) is 5.79. The Morgan fingerprint density at radius 1 is 1.09 bits per heavy atom. The van der Waals surface area contributed by atoms with Crippen LogP contribution in [0.1, 0.15) is 26.4 Å². The van der Waals surface area contributed by atoms with Gasteiger partial charge in [-0.15, -0.1) is 11.3 Å². The highest BCUT2D eigenvalue weighted by atomic mass is 32.1. The number of thiazole rings is 1. The number of nitrogens with zero attached hydrogens (tertiary/aromatic N) is 2. The Labute approximate surface area is 187 Å². The van der Waals surface area contributed by atoms with Crippen LogP contribution in [0.15, 0.2) is 53.4 Å². The first-order chi connectivity index (χ1) is 15.5. The number of carbonyl (C=O) groups is 2.